The zero-order chi connectivity index (χ0) is 11.0. The molecular formula is C9H5Br2NO2S. The fourth-order valence-corrected chi connectivity index (χ4v) is 3.29. The van der Waals surface area contributed by atoms with E-state index in [4.69, 9.17) is 5.11 Å². The number of carboxylic acid groups (broad SMARTS) is 1. The molecule has 0 spiro atoms. The molecule has 78 valence electrons. The molecule has 0 fully saturated rings. The zero-order valence-corrected chi connectivity index (χ0v) is 11.2. The number of nitrogens with one attached hydrogen (secondary N) is 1. The van der Waals surface area contributed by atoms with Crippen molar-refractivity contribution in [3.05, 3.63) is 32.3 Å². The molecule has 2 N–H and O–H groups in total. The first kappa shape index (κ1) is 10.9. The van der Waals surface area contributed by atoms with E-state index in [-0.39, 0.29) is 5.56 Å². The van der Waals surface area contributed by atoms with Gasteiger partial charge in [-0.15, -0.1) is 11.3 Å². The highest BCUT2D eigenvalue weighted by molar-refractivity contribution is 9.13. The Morgan fingerprint density at radius 3 is 2.67 bits per heavy atom. The smallest absolute Gasteiger partial charge is 0.337 e. The summed E-state index contributed by atoms with van der Waals surface area (Å²) in [5.41, 5.74) is 0.996. The van der Waals surface area contributed by atoms with Gasteiger partial charge < -0.3 is 10.1 Å². The summed E-state index contributed by atoms with van der Waals surface area (Å²) in [4.78, 5) is 14.6. The lowest BCUT2D eigenvalue weighted by molar-refractivity contribution is 0.0698. The molecule has 3 nitrogen and oxygen atoms in total. The van der Waals surface area contributed by atoms with E-state index in [1.165, 1.54) is 17.5 Å². The van der Waals surface area contributed by atoms with Gasteiger partial charge in [-0.2, -0.15) is 0 Å². The number of carboxylic acids is 1. The molecule has 0 amide bonds. The number of hydrogen-bond acceptors (Lipinski definition) is 2. The van der Waals surface area contributed by atoms with Crippen LogP contribution in [0.5, 0.6) is 0 Å². The summed E-state index contributed by atoms with van der Waals surface area (Å²) < 4.78 is 1.88. The van der Waals surface area contributed by atoms with Gasteiger partial charge in [0, 0.05) is 27.3 Å². The molecule has 0 aliphatic rings. The van der Waals surface area contributed by atoms with Crippen LogP contribution in [0.1, 0.15) is 10.4 Å². The Balaban J connectivity index is 2.54. The number of hydrogen-bond donors (Lipinski definition) is 2. The molecule has 2 aromatic rings. The lowest BCUT2D eigenvalue weighted by atomic mass is 10.2. The van der Waals surface area contributed by atoms with Crippen molar-refractivity contribution in [3.63, 3.8) is 0 Å². The summed E-state index contributed by atoms with van der Waals surface area (Å²) in [5, 5.41) is 8.95. The Bertz CT molecular complexity index is 498. The number of thiophene rings is 1. The fourth-order valence-electron chi connectivity index (χ4n) is 1.22. The van der Waals surface area contributed by atoms with Crippen LogP contribution in [-0.4, -0.2) is 16.1 Å². The molecule has 0 aliphatic heterocycles. The van der Waals surface area contributed by atoms with Gasteiger partial charge in [0.2, 0.25) is 0 Å². The third-order valence-electron chi connectivity index (χ3n) is 1.89. The topological polar surface area (TPSA) is 53.1 Å². The van der Waals surface area contributed by atoms with Gasteiger partial charge in [-0.1, -0.05) is 0 Å². The number of aromatic carboxylic acids is 1. The normalized spacial score (nSPS) is 10.5. The SMILES string of the molecule is O=C(O)c1c[nH]cc1-c1cc(Br)c(Br)s1. The molecule has 2 heterocycles. The van der Waals surface area contributed by atoms with Crippen molar-refractivity contribution in [3.8, 4) is 10.4 Å². The number of H-pyrrole nitrogens is 1. The molecule has 0 atom stereocenters. The average molecular weight is 351 g/mol. The lowest BCUT2D eigenvalue weighted by Gasteiger charge is -1.94. The van der Waals surface area contributed by atoms with Crippen molar-refractivity contribution in [2.75, 3.05) is 0 Å². The van der Waals surface area contributed by atoms with E-state index in [0.29, 0.717) is 5.56 Å². The van der Waals surface area contributed by atoms with Gasteiger partial charge in [0.25, 0.3) is 0 Å². The molecule has 2 rings (SSSR count). The van der Waals surface area contributed by atoms with E-state index < -0.39 is 5.97 Å². The third kappa shape index (κ3) is 2.02. The van der Waals surface area contributed by atoms with Gasteiger partial charge in [-0.05, 0) is 37.9 Å². The quantitative estimate of drug-likeness (QED) is 0.861. The first-order valence-electron chi connectivity index (χ1n) is 3.95. The van der Waals surface area contributed by atoms with Crippen molar-refractivity contribution in [2.24, 2.45) is 0 Å². The van der Waals surface area contributed by atoms with Crippen molar-refractivity contribution >= 4 is 49.2 Å². The predicted octanol–water partition coefficient (Wildman–Crippen LogP) is 3.97. The van der Waals surface area contributed by atoms with Crippen LogP contribution in [0, 0.1) is 0 Å². The van der Waals surface area contributed by atoms with Gasteiger partial charge >= 0.3 is 5.97 Å². The summed E-state index contributed by atoms with van der Waals surface area (Å²) in [6, 6.07) is 1.89. The van der Waals surface area contributed by atoms with Gasteiger partial charge in [-0.25, -0.2) is 4.79 Å². The number of aromatic amines is 1. The monoisotopic (exact) mass is 349 g/mol. The van der Waals surface area contributed by atoms with Crippen LogP contribution in [0.3, 0.4) is 0 Å². The summed E-state index contributed by atoms with van der Waals surface area (Å²) in [6.07, 6.45) is 3.17. The number of carbonyl (C=O) groups is 1. The molecule has 6 heteroatoms. The number of rotatable bonds is 2. The average Bonchev–Trinajstić information content (AvgIpc) is 2.73. The maximum absolute atomic E-state index is 10.9. The Morgan fingerprint density at radius 2 is 2.13 bits per heavy atom. The van der Waals surface area contributed by atoms with Gasteiger partial charge in [0.1, 0.15) is 0 Å². The fraction of sp³-hybridized carbons (Fsp3) is 0. The molecule has 0 saturated heterocycles. The highest BCUT2D eigenvalue weighted by Crippen LogP contribution is 2.39. The van der Waals surface area contributed by atoms with Gasteiger partial charge in [-0.3, -0.25) is 0 Å². The number of halogens is 2. The predicted molar refractivity (Wildman–Crippen MR) is 66.5 cm³/mol. The third-order valence-corrected chi connectivity index (χ3v) is 5.18. The van der Waals surface area contributed by atoms with E-state index in [1.807, 2.05) is 6.07 Å². The van der Waals surface area contributed by atoms with E-state index in [2.05, 4.69) is 36.8 Å². The first-order valence-corrected chi connectivity index (χ1v) is 6.35. The number of aromatic nitrogens is 1. The molecule has 0 unspecified atom stereocenters. The molecule has 2 aromatic heterocycles. The maximum atomic E-state index is 10.9. The molecule has 0 radical (unpaired) electrons. The Kier molecular flexibility index (Phi) is 2.99. The zero-order valence-electron chi connectivity index (χ0n) is 7.25. The Labute approximate surface area is 106 Å². The molecular weight excluding hydrogens is 346 g/mol. The van der Waals surface area contributed by atoms with Crippen LogP contribution in [0.15, 0.2) is 26.7 Å². The van der Waals surface area contributed by atoms with Crippen molar-refractivity contribution < 1.29 is 9.90 Å². The van der Waals surface area contributed by atoms with Crippen molar-refractivity contribution in [1.82, 2.24) is 4.98 Å². The van der Waals surface area contributed by atoms with Gasteiger partial charge in [0.05, 0.1) is 9.35 Å². The van der Waals surface area contributed by atoms with Crippen molar-refractivity contribution in [1.29, 1.82) is 0 Å². The van der Waals surface area contributed by atoms with E-state index in [1.54, 1.807) is 6.20 Å². The summed E-state index contributed by atoms with van der Waals surface area (Å²) >= 11 is 8.24. The van der Waals surface area contributed by atoms with Crippen LogP contribution in [0.4, 0.5) is 0 Å². The van der Waals surface area contributed by atoms with Crippen LogP contribution in [-0.2, 0) is 0 Å². The van der Waals surface area contributed by atoms with Crippen LogP contribution in [0.2, 0.25) is 0 Å². The standard InChI is InChI=1S/C9H5Br2NO2S/c10-6-1-7(15-8(6)11)4-2-12-3-5(4)9(13)14/h1-3,12H,(H,13,14). The Morgan fingerprint density at radius 1 is 1.40 bits per heavy atom. The summed E-state index contributed by atoms with van der Waals surface area (Å²) in [7, 11) is 0. The van der Waals surface area contributed by atoms with E-state index >= 15 is 0 Å². The lowest BCUT2D eigenvalue weighted by Crippen LogP contribution is -1.94. The Hall–Kier alpha value is -0.590. The minimum absolute atomic E-state index is 0.288. The highest BCUT2D eigenvalue weighted by atomic mass is 79.9. The molecule has 0 bridgehead atoms. The van der Waals surface area contributed by atoms with Crippen LogP contribution in [0.25, 0.3) is 10.4 Å². The van der Waals surface area contributed by atoms with Gasteiger partial charge in [0.15, 0.2) is 0 Å². The van der Waals surface area contributed by atoms with E-state index in [0.717, 1.165) is 13.1 Å². The second kappa shape index (κ2) is 4.11. The highest BCUT2D eigenvalue weighted by Gasteiger charge is 2.15. The van der Waals surface area contributed by atoms with Crippen molar-refractivity contribution in [2.45, 2.75) is 0 Å². The largest absolute Gasteiger partial charge is 0.478 e. The van der Waals surface area contributed by atoms with E-state index in [9.17, 15) is 4.79 Å². The minimum atomic E-state index is -0.924. The first-order chi connectivity index (χ1) is 7.09. The maximum Gasteiger partial charge on any atom is 0.337 e. The van der Waals surface area contributed by atoms with Crippen LogP contribution < -0.4 is 0 Å². The molecule has 15 heavy (non-hydrogen) atoms. The second-order valence-corrected chi connectivity index (χ2v) is 6.04. The van der Waals surface area contributed by atoms with Crippen LogP contribution >= 0.6 is 43.2 Å². The molecule has 0 saturated carbocycles. The second-order valence-electron chi connectivity index (χ2n) is 2.82. The summed E-state index contributed by atoms with van der Waals surface area (Å²) in [6.45, 7) is 0. The summed E-state index contributed by atoms with van der Waals surface area (Å²) in [5.74, 6) is -0.924. The minimum Gasteiger partial charge on any atom is -0.478 e. The molecule has 0 aliphatic carbocycles. The molecule has 0 aromatic carbocycles.